The number of primary amides is 1. The van der Waals surface area contributed by atoms with E-state index < -0.39 is 6.09 Å². The zero-order valence-corrected chi connectivity index (χ0v) is 8.81. The van der Waals surface area contributed by atoms with E-state index in [0.29, 0.717) is 6.54 Å². The molecule has 1 saturated heterocycles. The van der Waals surface area contributed by atoms with Gasteiger partial charge >= 0.3 is 6.09 Å². The molecule has 80 valence electrons. The first-order valence-corrected chi connectivity index (χ1v) is 5.59. The van der Waals surface area contributed by atoms with Gasteiger partial charge in [-0.2, -0.15) is 0 Å². The summed E-state index contributed by atoms with van der Waals surface area (Å²) < 4.78 is 0. The van der Waals surface area contributed by atoms with Crippen molar-refractivity contribution in [1.29, 1.82) is 0 Å². The van der Waals surface area contributed by atoms with E-state index in [4.69, 9.17) is 10.6 Å². The number of pyridine rings is 1. The van der Waals surface area contributed by atoms with Gasteiger partial charge in [0.15, 0.2) is 0 Å². The molecule has 1 unspecified atom stereocenters. The van der Waals surface area contributed by atoms with Crippen molar-refractivity contribution in [3.8, 4) is 0 Å². The number of aromatic nitrogens is 1. The van der Waals surface area contributed by atoms with E-state index in [9.17, 15) is 4.79 Å². The Morgan fingerprint density at radius 3 is 3.20 bits per heavy atom. The molecule has 1 amide bonds. The highest BCUT2D eigenvalue weighted by atomic mass is 32.2. The summed E-state index contributed by atoms with van der Waals surface area (Å²) in [4.78, 5) is 19.8. The Hall–Kier alpha value is -1.27. The summed E-state index contributed by atoms with van der Waals surface area (Å²) in [6.45, 7) is 0.675. The van der Waals surface area contributed by atoms with E-state index >= 15 is 0 Å². The monoisotopic (exact) mass is 225 g/mol. The molecule has 1 aromatic heterocycles. The SMILES string of the molecule is NC(=O)ON1CCSC1c1ccccn1. The summed E-state index contributed by atoms with van der Waals surface area (Å²) in [6, 6.07) is 5.66. The van der Waals surface area contributed by atoms with Crippen LogP contribution < -0.4 is 5.73 Å². The molecular formula is C9H11N3O2S. The van der Waals surface area contributed by atoms with E-state index in [1.807, 2.05) is 18.2 Å². The molecule has 0 aromatic carbocycles. The van der Waals surface area contributed by atoms with Crippen molar-refractivity contribution in [2.24, 2.45) is 5.73 Å². The maximum Gasteiger partial charge on any atom is 0.423 e. The van der Waals surface area contributed by atoms with Gasteiger partial charge < -0.3 is 10.6 Å². The van der Waals surface area contributed by atoms with Gasteiger partial charge in [-0.3, -0.25) is 4.98 Å². The molecule has 2 rings (SSSR count). The average Bonchev–Trinajstić information content (AvgIpc) is 2.66. The number of thioether (sulfide) groups is 1. The summed E-state index contributed by atoms with van der Waals surface area (Å²) in [7, 11) is 0. The minimum absolute atomic E-state index is 0.0429. The van der Waals surface area contributed by atoms with Crippen LogP contribution >= 0.6 is 11.8 Å². The summed E-state index contributed by atoms with van der Waals surface area (Å²) in [6.07, 6.45) is 0.940. The number of amides is 1. The van der Waals surface area contributed by atoms with Crippen LogP contribution in [0.5, 0.6) is 0 Å². The number of rotatable bonds is 2. The molecule has 0 bridgehead atoms. The van der Waals surface area contributed by atoms with Gasteiger partial charge in [0.25, 0.3) is 0 Å². The van der Waals surface area contributed by atoms with Crippen molar-refractivity contribution in [3.63, 3.8) is 0 Å². The van der Waals surface area contributed by atoms with Crippen LogP contribution in [-0.4, -0.2) is 28.4 Å². The molecule has 5 nitrogen and oxygen atoms in total. The predicted molar refractivity (Wildman–Crippen MR) is 56.8 cm³/mol. The molecule has 2 N–H and O–H groups in total. The second kappa shape index (κ2) is 4.50. The molecule has 15 heavy (non-hydrogen) atoms. The molecule has 2 heterocycles. The summed E-state index contributed by atoms with van der Waals surface area (Å²) >= 11 is 1.68. The standard InChI is InChI=1S/C9H11N3O2S/c10-9(13)14-12-5-6-15-8(12)7-3-1-2-4-11-7/h1-4,8H,5-6H2,(H2,10,13). The fourth-order valence-corrected chi connectivity index (χ4v) is 2.55. The first-order valence-electron chi connectivity index (χ1n) is 4.54. The molecule has 0 spiro atoms. The highest BCUT2D eigenvalue weighted by Gasteiger charge is 2.30. The third-order valence-electron chi connectivity index (χ3n) is 2.00. The first kappa shape index (κ1) is 10.3. The van der Waals surface area contributed by atoms with Crippen LogP contribution in [0.2, 0.25) is 0 Å². The third kappa shape index (κ3) is 2.40. The van der Waals surface area contributed by atoms with Crippen molar-refractivity contribution < 1.29 is 9.63 Å². The Balaban J connectivity index is 2.11. The largest absolute Gasteiger partial charge is 0.423 e. The van der Waals surface area contributed by atoms with Gasteiger partial charge in [0.05, 0.1) is 5.69 Å². The van der Waals surface area contributed by atoms with E-state index in [2.05, 4.69) is 4.98 Å². The van der Waals surface area contributed by atoms with Gasteiger partial charge in [0.2, 0.25) is 0 Å². The highest BCUT2D eigenvalue weighted by Crippen LogP contribution is 2.36. The summed E-state index contributed by atoms with van der Waals surface area (Å²) in [5, 5.41) is 1.52. The van der Waals surface area contributed by atoms with Crippen molar-refractivity contribution in [1.82, 2.24) is 10.0 Å². The molecular weight excluding hydrogens is 214 g/mol. The van der Waals surface area contributed by atoms with Gasteiger partial charge in [-0.25, -0.2) is 4.79 Å². The number of nitrogens with two attached hydrogens (primary N) is 1. The molecule has 1 atom stereocenters. The fourth-order valence-electron chi connectivity index (χ4n) is 1.42. The van der Waals surface area contributed by atoms with Crippen molar-refractivity contribution >= 4 is 17.9 Å². The summed E-state index contributed by atoms with van der Waals surface area (Å²) in [5.41, 5.74) is 5.86. The van der Waals surface area contributed by atoms with Gasteiger partial charge in [-0.1, -0.05) is 6.07 Å². The second-order valence-electron chi connectivity index (χ2n) is 3.03. The van der Waals surface area contributed by atoms with Crippen LogP contribution in [0, 0.1) is 0 Å². The lowest BCUT2D eigenvalue weighted by Crippen LogP contribution is -2.30. The molecule has 1 fully saturated rings. The highest BCUT2D eigenvalue weighted by molar-refractivity contribution is 7.99. The predicted octanol–water partition coefficient (Wildman–Crippen LogP) is 1.14. The molecule has 0 saturated carbocycles. The topological polar surface area (TPSA) is 68.5 Å². The lowest BCUT2D eigenvalue weighted by Gasteiger charge is -2.20. The van der Waals surface area contributed by atoms with Crippen LogP contribution in [0.3, 0.4) is 0 Å². The number of hydroxylamine groups is 2. The maximum absolute atomic E-state index is 10.7. The number of carbonyl (C=O) groups excluding carboxylic acids is 1. The Kier molecular flexibility index (Phi) is 3.08. The molecule has 0 aliphatic carbocycles. The molecule has 1 aromatic rings. The van der Waals surface area contributed by atoms with Gasteiger partial charge in [0.1, 0.15) is 5.37 Å². The lowest BCUT2D eigenvalue weighted by molar-refractivity contribution is -0.0965. The maximum atomic E-state index is 10.7. The van der Waals surface area contributed by atoms with Crippen LogP contribution in [0.4, 0.5) is 4.79 Å². The van der Waals surface area contributed by atoms with E-state index in [-0.39, 0.29) is 5.37 Å². The molecule has 6 heteroatoms. The Labute approximate surface area is 91.6 Å². The van der Waals surface area contributed by atoms with Crippen molar-refractivity contribution in [2.75, 3.05) is 12.3 Å². The van der Waals surface area contributed by atoms with E-state index in [1.54, 1.807) is 23.0 Å². The first-order chi connectivity index (χ1) is 7.27. The number of hydrogen-bond donors (Lipinski definition) is 1. The minimum Gasteiger partial charge on any atom is -0.350 e. The Morgan fingerprint density at radius 2 is 2.53 bits per heavy atom. The number of nitrogens with zero attached hydrogens (tertiary/aromatic N) is 2. The van der Waals surface area contributed by atoms with Crippen LogP contribution in [0.1, 0.15) is 11.1 Å². The van der Waals surface area contributed by atoms with Crippen LogP contribution in [-0.2, 0) is 4.84 Å². The van der Waals surface area contributed by atoms with Crippen LogP contribution in [0.25, 0.3) is 0 Å². The summed E-state index contributed by atoms with van der Waals surface area (Å²) in [5.74, 6) is 0.897. The average molecular weight is 225 g/mol. The fraction of sp³-hybridized carbons (Fsp3) is 0.333. The minimum atomic E-state index is -0.779. The number of carbonyl (C=O) groups is 1. The second-order valence-corrected chi connectivity index (χ2v) is 4.22. The van der Waals surface area contributed by atoms with Crippen molar-refractivity contribution in [2.45, 2.75) is 5.37 Å². The lowest BCUT2D eigenvalue weighted by atomic mass is 10.3. The zero-order valence-electron chi connectivity index (χ0n) is 8.00. The van der Waals surface area contributed by atoms with Gasteiger partial charge in [0, 0.05) is 18.5 Å². The Bertz CT molecular complexity index is 346. The van der Waals surface area contributed by atoms with Crippen LogP contribution in [0.15, 0.2) is 24.4 Å². The molecule has 1 aliphatic heterocycles. The normalized spacial score (nSPS) is 21.5. The van der Waals surface area contributed by atoms with E-state index in [1.165, 1.54) is 0 Å². The Morgan fingerprint density at radius 1 is 1.67 bits per heavy atom. The smallest absolute Gasteiger partial charge is 0.350 e. The zero-order chi connectivity index (χ0) is 10.7. The van der Waals surface area contributed by atoms with Gasteiger partial charge in [-0.05, 0) is 12.1 Å². The third-order valence-corrected chi connectivity index (χ3v) is 3.21. The molecule has 1 aliphatic rings. The van der Waals surface area contributed by atoms with Crippen molar-refractivity contribution in [3.05, 3.63) is 30.1 Å². The molecule has 0 radical (unpaired) electrons. The quantitative estimate of drug-likeness (QED) is 0.817. The van der Waals surface area contributed by atoms with Gasteiger partial charge in [-0.15, -0.1) is 16.8 Å². The van der Waals surface area contributed by atoms with E-state index in [0.717, 1.165) is 11.4 Å². The number of hydrogen-bond acceptors (Lipinski definition) is 5.